The van der Waals surface area contributed by atoms with E-state index in [1.54, 1.807) is 60.7 Å². The molecule has 1 aliphatic rings. The molecule has 6 heteroatoms. The molecule has 0 radical (unpaired) electrons. The number of benzene rings is 2. The molecule has 2 atom stereocenters. The Bertz CT molecular complexity index is 820. The topological polar surface area (TPSA) is 76.7 Å². The van der Waals surface area contributed by atoms with Gasteiger partial charge in [0.05, 0.1) is 23.2 Å². The third kappa shape index (κ3) is 4.40. The van der Waals surface area contributed by atoms with Crippen molar-refractivity contribution < 1.29 is 19.1 Å². The van der Waals surface area contributed by atoms with Gasteiger partial charge in [-0.1, -0.05) is 36.4 Å². The number of rotatable bonds is 2. The number of fused-ring (bicyclic) bond motifs is 2. The highest BCUT2D eigenvalue weighted by atomic mass is 16.5. The van der Waals surface area contributed by atoms with Gasteiger partial charge in [-0.15, -0.1) is 13.2 Å². The first kappa shape index (κ1) is 19.2. The second-order valence-electron chi connectivity index (χ2n) is 6.26. The quantitative estimate of drug-likeness (QED) is 0.614. The number of anilines is 2. The molecule has 28 heavy (non-hydrogen) atoms. The third-order valence-corrected chi connectivity index (χ3v) is 4.33. The number of ether oxygens (including phenoxy) is 2. The summed E-state index contributed by atoms with van der Waals surface area (Å²) in [5.41, 5.74) is 1.94. The molecule has 0 unspecified atom stereocenters. The Kier molecular flexibility index (Phi) is 6.11. The van der Waals surface area contributed by atoms with Gasteiger partial charge in [0, 0.05) is 11.4 Å². The average Bonchev–Trinajstić information content (AvgIpc) is 2.73. The van der Waals surface area contributed by atoms with Crippen LogP contribution in [0.4, 0.5) is 11.4 Å². The average molecular weight is 378 g/mol. The number of nitrogens with one attached hydrogen (secondary N) is 2. The van der Waals surface area contributed by atoms with Crippen LogP contribution in [0, 0.1) is 0 Å². The molecule has 1 aliphatic heterocycles. The van der Waals surface area contributed by atoms with Crippen LogP contribution in [-0.2, 0) is 9.47 Å². The van der Waals surface area contributed by atoms with Crippen LogP contribution in [0.5, 0.6) is 0 Å². The monoisotopic (exact) mass is 378 g/mol. The lowest BCUT2D eigenvalue weighted by atomic mass is 10.1. The van der Waals surface area contributed by atoms with Crippen molar-refractivity contribution in [1.82, 2.24) is 0 Å². The first-order chi connectivity index (χ1) is 13.6. The molecule has 0 amide bonds. The van der Waals surface area contributed by atoms with Gasteiger partial charge in [0.2, 0.25) is 0 Å². The highest BCUT2D eigenvalue weighted by Crippen LogP contribution is 2.21. The minimum Gasteiger partial charge on any atom is -0.460 e. The molecule has 144 valence electrons. The summed E-state index contributed by atoms with van der Waals surface area (Å²) in [6.07, 6.45) is 3.25. The molecule has 0 spiro atoms. The largest absolute Gasteiger partial charge is 0.460 e. The van der Waals surface area contributed by atoms with E-state index in [9.17, 15) is 9.59 Å². The summed E-state index contributed by atoms with van der Waals surface area (Å²) in [5.74, 6) is -0.913. The van der Waals surface area contributed by atoms with E-state index in [1.807, 2.05) is 0 Å². The maximum Gasteiger partial charge on any atom is 0.340 e. The lowest BCUT2D eigenvalue weighted by Gasteiger charge is -2.22. The van der Waals surface area contributed by atoms with Crippen LogP contribution in [0.1, 0.15) is 20.7 Å². The molecular formula is C22H22N2O4. The SMILES string of the molecule is C=C[C@@H]1COC(=O)c2ccccc2N[C@@H](C=C)COC(=O)c2ccccc2N1. The van der Waals surface area contributed by atoms with E-state index in [1.165, 1.54) is 0 Å². The molecule has 2 N–H and O–H groups in total. The predicted octanol–water partition coefficient (Wildman–Crippen LogP) is 3.65. The summed E-state index contributed by atoms with van der Waals surface area (Å²) in [5, 5.41) is 6.34. The van der Waals surface area contributed by atoms with Crippen molar-refractivity contribution in [2.45, 2.75) is 12.1 Å². The van der Waals surface area contributed by atoms with Gasteiger partial charge in [-0.2, -0.15) is 0 Å². The molecular weight excluding hydrogens is 356 g/mol. The van der Waals surface area contributed by atoms with Crippen molar-refractivity contribution in [1.29, 1.82) is 0 Å². The standard InChI is InChI=1S/C22H22N2O4/c1-3-15-13-27-21(25)18-10-6-8-12-20(18)24-16(4-2)14-28-22(26)17-9-5-7-11-19(17)23-15/h3-12,15-16,23-24H,1-2,13-14H2/t15-,16+. The Morgan fingerprint density at radius 3 is 1.54 bits per heavy atom. The van der Waals surface area contributed by atoms with Crippen LogP contribution < -0.4 is 10.6 Å². The van der Waals surface area contributed by atoms with E-state index in [-0.39, 0.29) is 25.3 Å². The van der Waals surface area contributed by atoms with Crippen LogP contribution in [0.15, 0.2) is 73.8 Å². The zero-order valence-electron chi connectivity index (χ0n) is 15.4. The van der Waals surface area contributed by atoms with Gasteiger partial charge < -0.3 is 20.1 Å². The van der Waals surface area contributed by atoms with E-state index in [4.69, 9.17) is 9.47 Å². The first-order valence-corrected chi connectivity index (χ1v) is 8.93. The molecule has 0 bridgehead atoms. The van der Waals surface area contributed by atoms with Gasteiger partial charge in [-0.25, -0.2) is 9.59 Å². The zero-order chi connectivity index (χ0) is 19.9. The minimum absolute atomic E-state index is 0.0605. The molecule has 0 aromatic heterocycles. The number of carbonyl (C=O) groups excluding carboxylic acids is 2. The van der Waals surface area contributed by atoms with Gasteiger partial charge in [-0.3, -0.25) is 0 Å². The van der Waals surface area contributed by atoms with Crippen LogP contribution in [0.25, 0.3) is 0 Å². The normalized spacial score (nSPS) is 20.0. The second-order valence-corrected chi connectivity index (χ2v) is 6.26. The van der Waals surface area contributed by atoms with Crippen LogP contribution in [-0.4, -0.2) is 37.2 Å². The molecule has 6 nitrogen and oxygen atoms in total. The minimum atomic E-state index is -0.457. The molecule has 0 aliphatic carbocycles. The van der Waals surface area contributed by atoms with E-state index in [2.05, 4.69) is 23.8 Å². The molecule has 3 rings (SSSR count). The van der Waals surface area contributed by atoms with Crippen LogP contribution >= 0.6 is 0 Å². The fourth-order valence-electron chi connectivity index (χ4n) is 2.80. The Balaban J connectivity index is 1.95. The second kappa shape index (κ2) is 8.90. The number of cyclic esters (lactones) is 2. The Morgan fingerprint density at radius 1 is 0.750 bits per heavy atom. The van der Waals surface area contributed by atoms with Crippen molar-refractivity contribution >= 4 is 23.3 Å². The molecule has 0 saturated heterocycles. The lowest BCUT2D eigenvalue weighted by Crippen LogP contribution is -2.29. The van der Waals surface area contributed by atoms with Crippen molar-refractivity contribution in [2.24, 2.45) is 0 Å². The summed E-state index contributed by atoms with van der Waals surface area (Å²) in [7, 11) is 0. The molecule has 2 aromatic rings. The summed E-state index contributed by atoms with van der Waals surface area (Å²) >= 11 is 0. The van der Waals surface area contributed by atoms with Crippen molar-refractivity contribution in [3.05, 3.63) is 85.0 Å². The van der Waals surface area contributed by atoms with Crippen LogP contribution in [0.3, 0.4) is 0 Å². The smallest absolute Gasteiger partial charge is 0.340 e. The summed E-state index contributed by atoms with van der Waals surface area (Å²) in [6, 6.07) is 13.3. The number of hydrogen-bond donors (Lipinski definition) is 2. The van der Waals surface area contributed by atoms with Gasteiger partial charge in [-0.05, 0) is 24.3 Å². The Morgan fingerprint density at radius 2 is 1.14 bits per heavy atom. The Hall–Kier alpha value is -3.54. The number of para-hydroxylation sites is 2. The highest BCUT2D eigenvalue weighted by Gasteiger charge is 2.20. The fourth-order valence-corrected chi connectivity index (χ4v) is 2.80. The van der Waals surface area contributed by atoms with E-state index >= 15 is 0 Å². The van der Waals surface area contributed by atoms with E-state index in [0.29, 0.717) is 22.5 Å². The maximum atomic E-state index is 12.6. The number of esters is 2. The van der Waals surface area contributed by atoms with E-state index in [0.717, 1.165) is 0 Å². The van der Waals surface area contributed by atoms with Crippen molar-refractivity contribution in [2.75, 3.05) is 23.8 Å². The maximum absolute atomic E-state index is 12.6. The van der Waals surface area contributed by atoms with Crippen LogP contribution in [0.2, 0.25) is 0 Å². The van der Waals surface area contributed by atoms with Gasteiger partial charge >= 0.3 is 11.9 Å². The lowest BCUT2D eigenvalue weighted by molar-refractivity contribution is 0.0485. The highest BCUT2D eigenvalue weighted by molar-refractivity contribution is 5.96. The summed E-state index contributed by atoms with van der Waals surface area (Å²) in [6.45, 7) is 7.67. The first-order valence-electron chi connectivity index (χ1n) is 8.93. The summed E-state index contributed by atoms with van der Waals surface area (Å²) in [4.78, 5) is 25.2. The molecule has 2 aromatic carbocycles. The number of carbonyl (C=O) groups is 2. The predicted molar refractivity (Wildman–Crippen MR) is 109 cm³/mol. The molecule has 0 saturated carbocycles. The summed E-state index contributed by atoms with van der Waals surface area (Å²) < 4.78 is 10.9. The van der Waals surface area contributed by atoms with Crippen molar-refractivity contribution in [3.8, 4) is 0 Å². The third-order valence-electron chi connectivity index (χ3n) is 4.33. The molecule has 0 fully saturated rings. The van der Waals surface area contributed by atoms with Gasteiger partial charge in [0.1, 0.15) is 13.2 Å². The number of hydrogen-bond acceptors (Lipinski definition) is 6. The van der Waals surface area contributed by atoms with Gasteiger partial charge in [0.25, 0.3) is 0 Å². The van der Waals surface area contributed by atoms with Gasteiger partial charge in [0.15, 0.2) is 0 Å². The Labute approximate surface area is 163 Å². The van der Waals surface area contributed by atoms with Crippen molar-refractivity contribution in [3.63, 3.8) is 0 Å². The fraction of sp³-hybridized carbons (Fsp3) is 0.182. The van der Waals surface area contributed by atoms with E-state index < -0.39 is 11.9 Å². The molecule has 1 heterocycles. The zero-order valence-corrected chi connectivity index (χ0v) is 15.4.